The lowest BCUT2D eigenvalue weighted by Crippen LogP contribution is -2.46. The monoisotopic (exact) mass is 361 g/mol. The lowest BCUT2D eigenvalue weighted by Gasteiger charge is -2.31. The van der Waals surface area contributed by atoms with Gasteiger partial charge in [0.1, 0.15) is 5.75 Å². The zero-order chi connectivity index (χ0) is 18.9. The predicted molar refractivity (Wildman–Crippen MR) is 98.8 cm³/mol. The fraction of sp³-hybridized carbons (Fsp3) is 0.526. The first-order valence-electron chi connectivity index (χ1n) is 9.03. The van der Waals surface area contributed by atoms with Gasteiger partial charge in [-0.05, 0) is 43.5 Å². The van der Waals surface area contributed by atoms with Crippen LogP contribution in [0.4, 0.5) is 5.69 Å². The maximum atomic E-state index is 12.3. The van der Waals surface area contributed by atoms with Gasteiger partial charge in [0.15, 0.2) is 0 Å². The summed E-state index contributed by atoms with van der Waals surface area (Å²) in [5, 5.41) is 5.27. The largest absolute Gasteiger partial charge is 0.497 e. The second kappa shape index (κ2) is 9.79. The van der Waals surface area contributed by atoms with Gasteiger partial charge in [-0.25, -0.2) is 0 Å². The maximum absolute atomic E-state index is 12.3. The van der Waals surface area contributed by atoms with Crippen molar-refractivity contribution in [3.63, 3.8) is 0 Å². The number of carbonyl (C=O) groups excluding carboxylic acids is 3. The van der Waals surface area contributed by atoms with Crippen molar-refractivity contribution in [1.82, 2.24) is 10.2 Å². The van der Waals surface area contributed by atoms with Crippen LogP contribution in [0.1, 0.15) is 32.6 Å². The Hall–Kier alpha value is -2.57. The van der Waals surface area contributed by atoms with E-state index in [-0.39, 0.29) is 36.7 Å². The highest BCUT2D eigenvalue weighted by Gasteiger charge is 2.29. The average Bonchev–Trinajstić information content (AvgIpc) is 2.58. The fourth-order valence-corrected chi connectivity index (χ4v) is 2.74. The van der Waals surface area contributed by atoms with Crippen molar-refractivity contribution in [1.29, 1.82) is 0 Å². The normalized spacial score (nSPS) is 13.5. The van der Waals surface area contributed by atoms with Gasteiger partial charge in [-0.15, -0.1) is 0 Å². The molecule has 7 heteroatoms. The van der Waals surface area contributed by atoms with Crippen LogP contribution < -0.4 is 15.4 Å². The van der Waals surface area contributed by atoms with Crippen molar-refractivity contribution < 1.29 is 19.1 Å². The number of nitrogens with one attached hydrogen (secondary N) is 2. The predicted octanol–water partition coefficient (Wildman–Crippen LogP) is 1.79. The summed E-state index contributed by atoms with van der Waals surface area (Å²) in [6.07, 6.45) is 3.69. The minimum atomic E-state index is -0.323. The van der Waals surface area contributed by atoms with Crippen molar-refractivity contribution in [2.45, 2.75) is 32.6 Å². The highest BCUT2D eigenvalue weighted by molar-refractivity contribution is 5.95. The highest BCUT2D eigenvalue weighted by atomic mass is 16.5. The van der Waals surface area contributed by atoms with Gasteiger partial charge < -0.3 is 20.3 Å². The molecule has 0 aromatic heterocycles. The summed E-state index contributed by atoms with van der Waals surface area (Å²) in [4.78, 5) is 38.0. The van der Waals surface area contributed by atoms with Crippen LogP contribution in [0.5, 0.6) is 5.75 Å². The standard InChI is InChI=1S/C19H27N3O4/c1-3-11-22(19(25)14-5-4-6-14)13-18(24)20-12-17(23)21-15-7-9-16(26-2)10-8-15/h7-10,14H,3-6,11-13H2,1-2H3,(H,20,24)(H,21,23). The molecule has 3 amide bonds. The zero-order valence-electron chi connectivity index (χ0n) is 15.4. The molecule has 2 rings (SSSR count). The summed E-state index contributed by atoms with van der Waals surface area (Å²) in [5.74, 6) is 0.166. The molecule has 7 nitrogen and oxygen atoms in total. The molecule has 1 aliphatic carbocycles. The number of hydrogen-bond donors (Lipinski definition) is 2. The zero-order valence-corrected chi connectivity index (χ0v) is 15.4. The van der Waals surface area contributed by atoms with Gasteiger partial charge in [0, 0.05) is 18.2 Å². The Morgan fingerprint density at radius 3 is 2.38 bits per heavy atom. The third-order valence-electron chi connectivity index (χ3n) is 4.41. The molecule has 26 heavy (non-hydrogen) atoms. The molecule has 0 radical (unpaired) electrons. The van der Waals surface area contributed by atoms with Crippen LogP contribution in [0.3, 0.4) is 0 Å². The van der Waals surface area contributed by atoms with E-state index in [1.807, 2.05) is 6.92 Å². The molecule has 1 aromatic carbocycles. The van der Waals surface area contributed by atoms with Crippen molar-refractivity contribution in [2.24, 2.45) is 5.92 Å². The first-order chi connectivity index (χ1) is 12.5. The van der Waals surface area contributed by atoms with Gasteiger partial charge in [-0.2, -0.15) is 0 Å². The number of ether oxygens (including phenoxy) is 1. The Labute approximate surface area is 154 Å². The summed E-state index contributed by atoms with van der Waals surface area (Å²) >= 11 is 0. The first-order valence-corrected chi connectivity index (χ1v) is 9.03. The van der Waals surface area contributed by atoms with E-state index < -0.39 is 0 Å². The Kier molecular flexibility index (Phi) is 7.44. The number of nitrogens with zero attached hydrogens (tertiary/aromatic N) is 1. The molecule has 0 spiro atoms. The first kappa shape index (κ1) is 19.8. The third kappa shape index (κ3) is 5.75. The summed E-state index contributed by atoms with van der Waals surface area (Å²) in [6.45, 7) is 2.39. The van der Waals surface area contributed by atoms with Crippen LogP contribution in [0, 0.1) is 5.92 Å². The molecular weight excluding hydrogens is 334 g/mol. The summed E-state index contributed by atoms with van der Waals surface area (Å²) < 4.78 is 5.06. The highest BCUT2D eigenvalue weighted by Crippen LogP contribution is 2.28. The molecule has 0 unspecified atom stereocenters. The van der Waals surface area contributed by atoms with Gasteiger partial charge in [-0.1, -0.05) is 13.3 Å². The van der Waals surface area contributed by atoms with Crippen LogP contribution in [0.25, 0.3) is 0 Å². The minimum absolute atomic E-state index is 0.00100. The smallest absolute Gasteiger partial charge is 0.243 e. The Bertz CT molecular complexity index is 626. The topological polar surface area (TPSA) is 87.7 Å². The van der Waals surface area contributed by atoms with E-state index in [2.05, 4.69) is 10.6 Å². The Morgan fingerprint density at radius 2 is 1.85 bits per heavy atom. The molecule has 1 fully saturated rings. The minimum Gasteiger partial charge on any atom is -0.497 e. The molecule has 0 saturated heterocycles. The van der Waals surface area contributed by atoms with Crippen molar-refractivity contribution in [3.05, 3.63) is 24.3 Å². The molecule has 0 atom stereocenters. The SMILES string of the molecule is CCCN(CC(=O)NCC(=O)Nc1ccc(OC)cc1)C(=O)C1CCC1. The van der Waals surface area contributed by atoms with E-state index in [0.717, 1.165) is 25.7 Å². The third-order valence-corrected chi connectivity index (χ3v) is 4.41. The average molecular weight is 361 g/mol. The Balaban J connectivity index is 1.76. The van der Waals surface area contributed by atoms with E-state index in [4.69, 9.17) is 4.74 Å². The number of hydrogen-bond acceptors (Lipinski definition) is 4. The van der Waals surface area contributed by atoms with Gasteiger partial charge in [0.25, 0.3) is 0 Å². The van der Waals surface area contributed by atoms with Gasteiger partial charge in [0.05, 0.1) is 20.2 Å². The van der Waals surface area contributed by atoms with Crippen LogP contribution in [-0.4, -0.2) is 49.4 Å². The number of amides is 3. The van der Waals surface area contributed by atoms with Crippen LogP contribution in [0.15, 0.2) is 24.3 Å². The molecule has 0 heterocycles. The quantitative estimate of drug-likeness (QED) is 0.702. The van der Waals surface area contributed by atoms with Crippen LogP contribution in [0.2, 0.25) is 0 Å². The van der Waals surface area contributed by atoms with Crippen LogP contribution in [-0.2, 0) is 14.4 Å². The van der Waals surface area contributed by atoms with Crippen LogP contribution >= 0.6 is 0 Å². The van der Waals surface area contributed by atoms with E-state index in [1.165, 1.54) is 0 Å². The summed E-state index contributed by atoms with van der Waals surface area (Å²) in [6, 6.07) is 6.92. The van der Waals surface area contributed by atoms with Gasteiger partial charge >= 0.3 is 0 Å². The number of rotatable bonds is 9. The van der Waals surface area contributed by atoms with E-state index >= 15 is 0 Å². The second-order valence-electron chi connectivity index (χ2n) is 6.44. The molecule has 0 aliphatic heterocycles. The van der Waals surface area contributed by atoms with Crippen molar-refractivity contribution >= 4 is 23.4 Å². The molecule has 1 aromatic rings. The number of anilines is 1. The summed E-state index contributed by atoms with van der Waals surface area (Å²) in [7, 11) is 1.57. The van der Waals surface area contributed by atoms with Crippen molar-refractivity contribution in [3.8, 4) is 5.75 Å². The van der Waals surface area contributed by atoms with E-state index in [0.29, 0.717) is 18.0 Å². The molecular formula is C19H27N3O4. The fourth-order valence-electron chi connectivity index (χ4n) is 2.74. The Morgan fingerprint density at radius 1 is 1.15 bits per heavy atom. The molecule has 1 saturated carbocycles. The molecule has 0 bridgehead atoms. The molecule has 142 valence electrons. The summed E-state index contributed by atoms with van der Waals surface area (Å²) in [5.41, 5.74) is 0.623. The van der Waals surface area contributed by atoms with E-state index in [1.54, 1.807) is 36.3 Å². The molecule has 1 aliphatic rings. The van der Waals surface area contributed by atoms with E-state index in [9.17, 15) is 14.4 Å². The second-order valence-corrected chi connectivity index (χ2v) is 6.44. The molecule has 2 N–H and O–H groups in total. The maximum Gasteiger partial charge on any atom is 0.243 e. The van der Waals surface area contributed by atoms with Crippen molar-refractivity contribution in [2.75, 3.05) is 32.1 Å². The lowest BCUT2D eigenvalue weighted by atomic mass is 9.84. The number of methoxy groups -OCH3 is 1. The lowest BCUT2D eigenvalue weighted by molar-refractivity contribution is -0.141. The number of benzene rings is 1. The van der Waals surface area contributed by atoms with Gasteiger partial charge in [-0.3, -0.25) is 14.4 Å². The van der Waals surface area contributed by atoms with Gasteiger partial charge in [0.2, 0.25) is 17.7 Å². The number of carbonyl (C=O) groups is 3.